The molecule has 17 heavy (non-hydrogen) atoms. The van der Waals surface area contributed by atoms with E-state index in [4.69, 9.17) is 5.73 Å². The molecule has 5 nitrogen and oxygen atoms in total. The van der Waals surface area contributed by atoms with E-state index in [2.05, 4.69) is 6.92 Å². The highest BCUT2D eigenvalue weighted by atomic mass is 32.2. The van der Waals surface area contributed by atoms with Crippen molar-refractivity contribution < 1.29 is 8.42 Å². The van der Waals surface area contributed by atoms with E-state index >= 15 is 0 Å². The summed E-state index contributed by atoms with van der Waals surface area (Å²) in [5.74, 6) is 0.448. The Kier molecular flexibility index (Phi) is 5.37. The molecule has 0 aromatic heterocycles. The summed E-state index contributed by atoms with van der Waals surface area (Å²) < 4.78 is 27.8. The van der Waals surface area contributed by atoms with Crippen molar-refractivity contribution in [1.29, 1.82) is 0 Å². The summed E-state index contributed by atoms with van der Waals surface area (Å²) in [7, 11) is -1.67. The van der Waals surface area contributed by atoms with Crippen LogP contribution in [0.1, 0.15) is 33.1 Å². The van der Waals surface area contributed by atoms with Crippen LogP contribution in [0.25, 0.3) is 0 Å². The molecule has 0 aromatic rings. The van der Waals surface area contributed by atoms with Gasteiger partial charge in [0.15, 0.2) is 0 Å². The summed E-state index contributed by atoms with van der Waals surface area (Å²) in [6, 6.07) is 0.108. The Hall–Kier alpha value is -0.170. The summed E-state index contributed by atoms with van der Waals surface area (Å²) in [5.41, 5.74) is 5.41. The highest BCUT2D eigenvalue weighted by Crippen LogP contribution is 2.25. The monoisotopic (exact) mass is 263 g/mol. The van der Waals surface area contributed by atoms with Crippen LogP contribution in [0.5, 0.6) is 0 Å². The molecule has 102 valence electrons. The van der Waals surface area contributed by atoms with Crippen LogP contribution in [0.3, 0.4) is 0 Å². The SMILES string of the molecule is CC1CCC(C)N(S(=O)(=O)N(C)CCCN)C1. The van der Waals surface area contributed by atoms with Crippen LogP contribution >= 0.6 is 0 Å². The molecule has 0 saturated carbocycles. The van der Waals surface area contributed by atoms with E-state index in [0.717, 1.165) is 12.8 Å². The highest BCUT2D eigenvalue weighted by Gasteiger charge is 2.34. The van der Waals surface area contributed by atoms with Gasteiger partial charge in [0.2, 0.25) is 0 Å². The van der Waals surface area contributed by atoms with Crippen molar-refractivity contribution in [2.75, 3.05) is 26.7 Å². The first kappa shape index (κ1) is 14.9. The molecule has 1 aliphatic heterocycles. The predicted octanol–water partition coefficient (Wildman–Crippen LogP) is 0.632. The van der Waals surface area contributed by atoms with E-state index in [1.807, 2.05) is 6.92 Å². The van der Waals surface area contributed by atoms with Gasteiger partial charge in [-0.3, -0.25) is 0 Å². The van der Waals surface area contributed by atoms with Gasteiger partial charge >= 0.3 is 0 Å². The quantitative estimate of drug-likeness (QED) is 0.791. The molecular weight excluding hydrogens is 238 g/mol. The third-order valence-electron chi connectivity index (χ3n) is 3.43. The first-order valence-electron chi connectivity index (χ1n) is 6.32. The summed E-state index contributed by atoms with van der Waals surface area (Å²) in [4.78, 5) is 0. The minimum Gasteiger partial charge on any atom is -0.330 e. The largest absolute Gasteiger partial charge is 0.330 e. The van der Waals surface area contributed by atoms with Crippen LogP contribution in [-0.2, 0) is 10.2 Å². The van der Waals surface area contributed by atoms with Gasteiger partial charge in [-0.1, -0.05) is 6.92 Å². The molecule has 2 N–H and O–H groups in total. The number of rotatable bonds is 5. The van der Waals surface area contributed by atoms with Gasteiger partial charge in [0.1, 0.15) is 0 Å². The third-order valence-corrected chi connectivity index (χ3v) is 5.50. The lowest BCUT2D eigenvalue weighted by Gasteiger charge is -2.37. The summed E-state index contributed by atoms with van der Waals surface area (Å²) >= 11 is 0. The van der Waals surface area contributed by atoms with E-state index in [1.54, 1.807) is 11.4 Å². The molecule has 0 aromatic carbocycles. The summed E-state index contributed by atoms with van der Waals surface area (Å²) in [6.07, 6.45) is 2.76. The molecule has 1 heterocycles. The van der Waals surface area contributed by atoms with Gasteiger partial charge in [-0.05, 0) is 38.6 Å². The molecule has 2 atom stereocenters. The maximum Gasteiger partial charge on any atom is 0.281 e. The van der Waals surface area contributed by atoms with Crippen LogP contribution < -0.4 is 5.73 Å². The molecule has 2 unspecified atom stereocenters. The molecule has 0 aliphatic carbocycles. The molecule has 0 bridgehead atoms. The van der Waals surface area contributed by atoms with Crippen LogP contribution in [0.15, 0.2) is 0 Å². The fourth-order valence-electron chi connectivity index (χ4n) is 2.18. The molecule has 1 saturated heterocycles. The Bertz CT molecular complexity index is 332. The Morgan fingerprint density at radius 2 is 2.00 bits per heavy atom. The van der Waals surface area contributed by atoms with Gasteiger partial charge in [-0.2, -0.15) is 17.0 Å². The average Bonchev–Trinajstić information content (AvgIpc) is 2.28. The van der Waals surface area contributed by atoms with Gasteiger partial charge in [0, 0.05) is 26.2 Å². The second kappa shape index (κ2) is 6.13. The Morgan fingerprint density at radius 1 is 1.35 bits per heavy atom. The van der Waals surface area contributed by atoms with Crippen molar-refractivity contribution in [2.24, 2.45) is 11.7 Å². The molecule has 1 aliphatic rings. The average molecular weight is 263 g/mol. The number of piperidine rings is 1. The minimum absolute atomic E-state index is 0.108. The first-order chi connectivity index (χ1) is 7.89. The van der Waals surface area contributed by atoms with Gasteiger partial charge in [-0.25, -0.2) is 0 Å². The standard InChI is InChI=1S/C11H25N3O2S/c1-10-5-6-11(2)14(9-10)17(15,16)13(3)8-4-7-12/h10-11H,4-9,12H2,1-3H3. The van der Waals surface area contributed by atoms with E-state index in [9.17, 15) is 8.42 Å². The topological polar surface area (TPSA) is 66.6 Å². The highest BCUT2D eigenvalue weighted by molar-refractivity contribution is 7.86. The third kappa shape index (κ3) is 3.64. The summed E-state index contributed by atoms with van der Waals surface area (Å²) in [6.45, 7) is 5.74. The molecule has 0 spiro atoms. The van der Waals surface area contributed by atoms with Crippen LogP contribution in [0, 0.1) is 5.92 Å². The number of hydrogen-bond acceptors (Lipinski definition) is 3. The van der Waals surface area contributed by atoms with Gasteiger partial charge in [0.05, 0.1) is 0 Å². The molecule has 0 radical (unpaired) electrons. The lowest BCUT2D eigenvalue weighted by Crippen LogP contribution is -2.50. The molecule has 1 fully saturated rings. The van der Waals surface area contributed by atoms with E-state index in [0.29, 0.717) is 32.0 Å². The maximum absolute atomic E-state index is 12.4. The molecule has 0 amide bonds. The number of nitrogens with two attached hydrogens (primary N) is 1. The lowest BCUT2D eigenvalue weighted by atomic mass is 9.97. The van der Waals surface area contributed by atoms with Crippen molar-refractivity contribution in [3.05, 3.63) is 0 Å². The minimum atomic E-state index is -3.31. The van der Waals surface area contributed by atoms with Crippen molar-refractivity contribution in [3.8, 4) is 0 Å². The van der Waals surface area contributed by atoms with Gasteiger partial charge in [-0.15, -0.1) is 0 Å². The Balaban J connectivity index is 2.73. The molecular formula is C11H25N3O2S. The fraction of sp³-hybridized carbons (Fsp3) is 1.00. The fourth-order valence-corrected chi connectivity index (χ4v) is 3.90. The van der Waals surface area contributed by atoms with Crippen molar-refractivity contribution in [3.63, 3.8) is 0 Å². The van der Waals surface area contributed by atoms with Gasteiger partial charge < -0.3 is 5.73 Å². The zero-order chi connectivity index (χ0) is 13.1. The molecule has 6 heteroatoms. The smallest absolute Gasteiger partial charge is 0.281 e. The number of hydrogen-bond donors (Lipinski definition) is 1. The zero-order valence-electron chi connectivity index (χ0n) is 11.1. The maximum atomic E-state index is 12.4. The Morgan fingerprint density at radius 3 is 2.59 bits per heavy atom. The van der Waals surface area contributed by atoms with Crippen molar-refractivity contribution in [2.45, 2.75) is 39.2 Å². The van der Waals surface area contributed by atoms with Crippen LogP contribution in [0.2, 0.25) is 0 Å². The number of nitrogens with zero attached hydrogens (tertiary/aromatic N) is 2. The molecule has 1 rings (SSSR count). The zero-order valence-corrected chi connectivity index (χ0v) is 11.9. The van der Waals surface area contributed by atoms with Crippen molar-refractivity contribution in [1.82, 2.24) is 8.61 Å². The van der Waals surface area contributed by atoms with Gasteiger partial charge in [0.25, 0.3) is 10.2 Å². The normalized spacial score (nSPS) is 27.6. The second-order valence-corrected chi connectivity index (χ2v) is 7.06. The first-order valence-corrected chi connectivity index (χ1v) is 7.72. The summed E-state index contributed by atoms with van der Waals surface area (Å²) in [5, 5.41) is 0. The van der Waals surface area contributed by atoms with E-state index in [1.165, 1.54) is 4.31 Å². The second-order valence-electron chi connectivity index (χ2n) is 5.07. The lowest BCUT2D eigenvalue weighted by molar-refractivity contribution is 0.205. The van der Waals surface area contributed by atoms with E-state index < -0.39 is 10.2 Å². The van der Waals surface area contributed by atoms with E-state index in [-0.39, 0.29) is 6.04 Å². The van der Waals surface area contributed by atoms with Crippen molar-refractivity contribution >= 4 is 10.2 Å². The van der Waals surface area contributed by atoms with Crippen LogP contribution in [-0.4, -0.2) is 49.8 Å². The Labute approximate surface area is 105 Å². The van der Waals surface area contributed by atoms with Crippen LogP contribution in [0.4, 0.5) is 0 Å². The predicted molar refractivity (Wildman–Crippen MR) is 69.8 cm³/mol.